The van der Waals surface area contributed by atoms with E-state index in [2.05, 4.69) is 24.4 Å². The van der Waals surface area contributed by atoms with Crippen molar-refractivity contribution in [3.05, 3.63) is 56.5 Å². The van der Waals surface area contributed by atoms with Crippen LogP contribution < -0.4 is 5.32 Å². The van der Waals surface area contributed by atoms with E-state index < -0.39 is 0 Å². The van der Waals surface area contributed by atoms with Crippen molar-refractivity contribution in [3.8, 4) is 0 Å². The first kappa shape index (κ1) is 13.5. The van der Waals surface area contributed by atoms with Crippen molar-refractivity contribution in [2.24, 2.45) is 0 Å². The topological polar surface area (TPSA) is 12.0 Å². The number of hydrogen-bond donors (Lipinski definition) is 1. The highest BCUT2D eigenvalue weighted by Crippen LogP contribution is 2.19. The molecule has 1 nitrogen and oxygen atoms in total. The molecule has 1 heterocycles. The highest BCUT2D eigenvalue weighted by molar-refractivity contribution is 7.11. The average molecular weight is 284 g/mol. The molecule has 0 bridgehead atoms. The smallest absolute Gasteiger partial charge is 0.123 e. The van der Waals surface area contributed by atoms with Gasteiger partial charge in [-0.1, -0.05) is 18.5 Å². The van der Waals surface area contributed by atoms with Crippen LogP contribution in [0.2, 0.25) is 5.02 Å². The van der Waals surface area contributed by atoms with E-state index in [1.807, 2.05) is 0 Å². The zero-order chi connectivity index (χ0) is 13.0. The first-order valence-corrected chi connectivity index (χ1v) is 7.10. The van der Waals surface area contributed by atoms with Crippen LogP contribution in [0.15, 0.2) is 30.3 Å². The maximum Gasteiger partial charge on any atom is 0.123 e. The Bertz CT molecular complexity index is 524. The molecule has 0 atom stereocenters. The fraction of sp³-hybridized carbons (Fsp3) is 0.286. The van der Waals surface area contributed by atoms with Crippen LogP contribution in [0.5, 0.6) is 0 Å². The van der Waals surface area contributed by atoms with Gasteiger partial charge in [0.15, 0.2) is 0 Å². The lowest BCUT2D eigenvalue weighted by atomic mass is 10.2. The fourth-order valence-corrected chi connectivity index (χ4v) is 2.82. The maximum absolute atomic E-state index is 13.1. The van der Waals surface area contributed by atoms with E-state index in [-0.39, 0.29) is 5.82 Å². The summed E-state index contributed by atoms with van der Waals surface area (Å²) in [6, 6.07) is 8.72. The van der Waals surface area contributed by atoms with E-state index in [1.165, 1.54) is 21.9 Å². The van der Waals surface area contributed by atoms with Gasteiger partial charge in [0.25, 0.3) is 0 Å². The molecule has 0 spiro atoms. The molecule has 96 valence electrons. The third-order valence-corrected chi connectivity index (χ3v) is 4.29. The lowest BCUT2D eigenvalue weighted by Gasteiger charge is -2.05. The van der Waals surface area contributed by atoms with Gasteiger partial charge in [-0.3, -0.25) is 0 Å². The Morgan fingerprint density at radius 1 is 1.17 bits per heavy atom. The molecule has 4 heteroatoms. The van der Waals surface area contributed by atoms with Gasteiger partial charge < -0.3 is 5.32 Å². The van der Waals surface area contributed by atoms with Crippen molar-refractivity contribution in [1.82, 2.24) is 5.32 Å². The second-order valence-electron chi connectivity index (χ2n) is 4.06. The Kier molecular flexibility index (Phi) is 4.75. The predicted octanol–water partition coefficient (Wildman–Crippen LogP) is 4.39. The molecule has 0 fully saturated rings. The SMILES string of the molecule is CCc1ccc(CNCc2cc(F)ccc2Cl)s1. The summed E-state index contributed by atoms with van der Waals surface area (Å²) in [6.07, 6.45) is 1.07. The molecular formula is C14H15ClFNS. The highest BCUT2D eigenvalue weighted by Gasteiger charge is 2.03. The van der Waals surface area contributed by atoms with Crippen molar-refractivity contribution in [1.29, 1.82) is 0 Å². The molecule has 2 rings (SSSR count). The largest absolute Gasteiger partial charge is 0.308 e. The number of hydrogen-bond acceptors (Lipinski definition) is 2. The maximum atomic E-state index is 13.1. The van der Waals surface area contributed by atoms with Crippen molar-refractivity contribution in [2.45, 2.75) is 26.4 Å². The average Bonchev–Trinajstić information content (AvgIpc) is 2.81. The van der Waals surface area contributed by atoms with Gasteiger partial charge in [0.1, 0.15) is 5.82 Å². The number of thiophene rings is 1. The second kappa shape index (κ2) is 6.32. The van der Waals surface area contributed by atoms with Crippen molar-refractivity contribution >= 4 is 22.9 Å². The van der Waals surface area contributed by atoms with E-state index in [0.29, 0.717) is 11.6 Å². The lowest BCUT2D eigenvalue weighted by Crippen LogP contribution is -2.12. The number of aryl methyl sites for hydroxylation is 1. The summed E-state index contributed by atoms with van der Waals surface area (Å²) in [5.41, 5.74) is 0.795. The first-order valence-electron chi connectivity index (χ1n) is 5.91. The van der Waals surface area contributed by atoms with Crippen molar-refractivity contribution in [2.75, 3.05) is 0 Å². The number of rotatable bonds is 5. The summed E-state index contributed by atoms with van der Waals surface area (Å²) in [6.45, 7) is 3.52. The molecule has 0 amide bonds. The quantitative estimate of drug-likeness (QED) is 0.858. The van der Waals surface area contributed by atoms with E-state index in [9.17, 15) is 4.39 Å². The van der Waals surface area contributed by atoms with E-state index in [4.69, 9.17) is 11.6 Å². The summed E-state index contributed by atoms with van der Waals surface area (Å²) < 4.78 is 13.1. The highest BCUT2D eigenvalue weighted by atomic mass is 35.5. The molecule has 0 aliphatic rings. The zero-order valence-corrected chi connectivity index (χ0v) is 11.7. The van der Waals surface area contributed by atoms with Crippen LogP contribution in [0.4, 0.5) is 4.39 Å². The van der Waals surface area contributed by atoms with Crippen molar-refractivity contribution < 1.29 is 4.39 Å². The molecule has 18 heavy (non-hydrogen) atoms. The molecule has 0 radical (unpaired) electrons. The van der Waals surface area contributed by atoms with Crippen LogP contribution in [0.3, 0.4) is 0 Å². The number of nitrogens with one attached hydrogen (secondary N) is 1. The minimum absolute atomic E-state index is 0.249. The van der Waals surface area contributed by atoms with Crippen LogP contribution >= 0.6 is 22.9 Å². The summed E-state index contributed by atoms with van der Waals surface area (Å²) in [4.78, 5) is 2.68. The van der Waals surface area contributed by atoms with Gasteiger partial charge in [0.2, 0.25) is 0 Å². The molecule has 0 saturated carbocycles. The molecule has 1 N–H and O–H groups in total. The van der Waals surface area contributed by atoms with Crippen LogP contribution in [-0.4, -0.2) is 0 Å². The minimum Gasteiger partial charge on any atom is -0.308 e. The Morgan fingerprint density at radius 2 is 1.94 bits per heavy atom. The normalized spacial score (nSPS) is 10.8. The van der Waals surface area contributed by atoms with Gasteiger partial charge in [-0.2, -0.15) is 0 Å². The zero-order valence-electron chi connectivity index (χ0n) is 10.2. The van der Waals surface area contributed by atoms with Gasteiger partial charge in [-0.15, -0.1) is 11.3 Å². The molecule has 2 aromatic rings. The Hall–Kier alpha value is -0.900. The number of benzene rings is 1. The molecule has 1 aromatic heterocycles. The summed E-state index contributed by atoms with van der Waals surface area (Å²) >= 11 is 7.81. The monoisotopic (exact) mass is 283 g/mol. The summed E-state index contributed by atoms with van der Waals surface area (Å²) in [5.74, 6) is -0.249. The fourth-order valence-electron chi connectivity index (χ4n) is 1.71. The molecule has 0 aliphatic heterocycles. The van der Waals surface area contributed by atoms with E-state index in [0.717, 1.165) is 18.5 Å². The third kappa shape index (κ3) is 3.55. The molecule has 0 unspecified atom stereocenters. The molecule has 0 saturated heterocycles. The lowest BCUT2D eigenvalue weighted by molar-refractivity contribution is 0.620. The Labute approximate surface area is 116 Å². The third-order valence-electron chi connectivity index (χ3n) is 2.69. The van der Waals surface area contributed by atoms with Gasteiger partial charge in [-0.05, 0) is 42.3 Å². The predicted molar refractivity (Wildman–Crippen MR) is 75.7 cm³/mol. The van der Waals surface area contributed by atoms with E-state index >= 15 is 0 Å². The Morgan fingerprint density at radius 3 is 2.67 bits per heavy atom. The van der Waals surface area contributed by atoms with Crippen molar-refractivity contribution in [3.63, 3.8) is 0 Å². The standard InChI is InChI=1S/C14H15ClFNS/c1-2-12-4-5-13(18-12)9-17-8-10-7-11(16)3-6-14(10)15/h3-7,17H,2,8-9H2,1H3. The first-order chi connectivity index (χ1) is 8.69. The molecule has 0 aliphatic carbocycles. The Balaban J connectivity index is 1.90. The van der Waals surface area contributed by atoms with Gasteiger partial charge in [-0.25, -0.2) is 4.39 Å². The molecular weight excluding hydrogens is 269 g/mol. The van der Waals surface area contributed by atoms with Crippen LogP contribution in [-0.2, 0) is 19.5 Å². The van der Waals surface area contributed by atoms with Crippen LogP contribution in [0, 0.1) is 5.82 Å². The van der Waals surface area contributed by atoms with E-state index in [1.54, 1.807) is 17.4 Å². The minimum atomic E-state index is -0.249. The van der Waals surface area contributed by atoms with Crippen LogP contribution in [0.1, 0.15) is 22.2 Å². The van der Waals surface area contributed by atoms with Crippen LogP contribution in [0.25, 0.3) is 0 Å². The van der Waals surface area contributed by atoms with Gasteiger partial charge in [0, 0.05) is 27.9 Å². The van der Waals surface area contributed by atoms with Gasteiger partial charge in [0.05, 0.1) is 0 Å². The second-order valence-corrected chi connectivity index (χ2v) is 5.72. The summed E-state index contributed by atoms with van der Waals surface area (Å²) in [7, 11) is 0. The summed E-state index contributed by atoms with van der Waals surface area (Å²) in [5, 5.41) is 3.88. The van der Waals surface area contributed by atoms with Gasteiger partial charge >= 0.3 is 0 Å². The number of halogens is 2. The molecule has 1 aromatic carbocycles.